The fourth-order valence-electron chi connectivity index (χ4n) is 6.03. The largest absolute Gasteiger partial charge is 0.477 e. The van der Waals surface area contributed by atoms with Gasteiger partial charge in [0, 0.05) is 54.1 Å². The van der Waals surface area contributed by atoms with Crippen LogP contribution >= 0.6 is 23.3 Å². The van der Waals surface area contributed by atoms with E-state index in [1.807, 2.05) is 0 Å². The predicted octanol–water partition coefficient (Wildman–Crippen LogP) is -0.0174. The van der Waals surface area contributed by atoms with E-state index in [9.17, 15) is 24.6 Å². The molecule has 0 spiro atoms. The van der Waals surface area contributed by atoms with Crippen LogP contribution in [0.3, 0.4) is 0 Å². The van der Waals surface area contributed by atoms with Crippen LogP contribution in [0.15, 0.2) is 16.4 Å². The van der Waals surface area contributed by atoms with Crippen LogP contribution in [0.1, 0.15) is 37.9 Å². The number of carboxylic acid groups (broad SMARTS) is 1. The van der Waals surface area contributed by atoms with Gasteiger partial charge in [0.1, 0.15) is 30.3 Å². The van der Waals surface area contributed by atoms with Crippen LogP contribution < -0.4 is 11.1 Å². The van der Waals surface area contributed by atoms with Crippen molar-refractivity contribution in [1.29, 1.82) is 0 Å². The van der Waals surface area contributed by atoms with Crippen molar-refractivity contribution in [1.82, 2.24) is 19.6 Å². The number of anilines is 1. The fraction of sp³-hybridized carbons (Fsp3) is 0.667. The van der Waals surface area contributed by atoms with E-state index in [0.717, 1.165) is 73.3 Å². The second kappa shape index (κ2) is 10.0. The molecule has 2 atom stereocenters. The third kappa shape index (κ3) is 4.89. The van der Waals surface area contributed by atoms with Gasteiger partial charge in [-0.1, -0.05) is 5.16 Å². The topological polar surface area (TPSA) is 180 Å². The van der Waals surface area contributed by atoms with E-state index in [-0.39, 0.29) is 34.4 Å². The number of aliphatic hydroxyl groups is 1. The molecule has 5 aliphatic heterocycles. The van der Waals surface area contributed by atoms with Gasteiger partial charge < -0.3 is 30.6 Å². The van der Waals surface area contributed by atoms with Crippen molar-refractivity contribution in [3.8, 4) is 0 Å². The molecule has 13 nitrogen and oxygen atoms in total. The SMILES string of the molecule is Nc1nc(/C(=N/OCC2CC2)C(=O)N[C@@H]2C(=O)N3C(C(=O)O)=C(C[N+]45CCC(CO)(CC4)CC5)CS[C@H]23)ns1. The van der Waals surface area contributed by atoms with E-state index >= 15 is 0 Å². The zero-order valence-electron chi connectivity index (χ0n) is 21.4. The number of amides is 2. The minimum absolute atomic E-state index is 0.0141. The summed E-state index contributed by atoms with van der Waals surface area (Å²) in [6.45, 7) is 3.86. The van der Waals surface area contributed by atoms with E-state index in [0.29, 0.717) is 24.8 Å². The highest BCUT2D eigenvalue weighted by Gasteiger charge is 2.56. The van der Waals surface area contributed by atoms with Gasteiger partial charge in [0.2, 0.25) is 11.5 Å². The Morgan fingerprint density at radius 1 is 1.26 bits per heavy atom. The quantitative estimate of drug-likeness (QED) is 0.128. The molecule has 1 saturated carbocycles. The van der Waals surface area contributed by atoms with Gasteiger partial charge >= 0.3 is 5.97 Å². The van der Waals surface area contributed by atoms with E-state index < -0.39 is 29.2 Å². The van der Waals surface area contributed by atoms with Crippen LogP contribution in [0.25, 0.3) is 0 Å². The molecule has 6 aliphatic rings. The number of nitrogens with zero attached hydrogens (tertiary/aromatic N) is 5. The average Bonchev–Trinajstić information content (AvgIpc) is 3.67. The van der Waals surface area contributed by atoms with Crippen molar-refractivity contribution >= 4 is 51.9 Å². The summed E-state index contributed by atoms with van der Waals surface area (Å²) >= 11 is 2.37. The van der Waals surface area contributed by atoms with Crippen molar-refractivity contribution < 1.29 is 33.9 Å². The van der Waals surface area contributed by atoms with E-state index in [1.165, 1.54) is 16.7 Å². The maximum absolute atomic E-state index is 13.2. The second-order valence-corrected chi connectivity index (χ2v) is 13.2. The van der Waals surface area contributed by atoms with Crippen molar-refractivity contribution in [2.45, 2.75) is 43.5 Å². The molecular formula is C24H32N7O6S2+. The molecule has 0 unspecified atom stereocenters. The first-order valence-corrected chi connectivity index (χ1v) is 15.0. The monoisotopic (exact) mass is 578 g/mol. The lowest BCUT2D eigenvalue weighted by Gasteiger charge is -2.55. The number of hydrogen-bond donors (Lipinski definition) is 4. The van der Waals surface area contributed by atoms with Crippen molar-refractivity contribution in [2.24, 2.45) is 16.5 Å². The maximum Gasteiger partial charge on any atom is 0.352 e. The molecule has 39 heavy (non-hydrogen) atoms. The van der Waals surface area contributed by atoms with Crippen molar-refractivity contribution in [3.63, 3.8) is 0 Å². The summed E-state index contributed by atoms with van der Waals surface area (Å²) in [7, 11) is 0. The molecule has 6 heterocycles. The van der Waals surface area contributed by atoms with Crippen LogP contribution in [0.4, 0.5) is 5.13 Å². The lowest BCUT2D eigenvalue weighted by Crippen LogP contribution is -2.71. The molecule has 7 rings (SSSR count). The lowest BCUT2D eigenvalue weighted by atomic mass is 9.71. The first-order valence-electron chi connectivity index (χ1n) is 13.2. The number of oxime groups is 1. The number of hydrogen-bond acceptors (Lipinski definition) is 11. The molecule has 5 fully saturated rings. The number of carboxylic acids is 1. The van der Waals surface area contributed by atoms with Crippen molar-refractivity contribution in [3.05, 3.63) is 17.1 Å². The molecular weight excluding hydrogens is 546 g/mol. The van der Waals surface area contributed by atoms with E-state index in [2.05, 4.69) is 19.8 Å². The van der Waals surface area contributed by atoms with E-state index in [1.54, 1.807) is 0 Å². The number of carbonyl (C=O) groups is 3. The summed E-state index contributed by atoms with van der Waals surface area (Å²) in [5.74, 6) is -1.40. The molecule has 4 saturated heterocycles. The first kappa shape index (κ1) is 26.5. The summed E-state index contributed by atoms with van der Waals surface area (Å²) in [4.78, 5) is 49.5. The van der Waals surface area contributed by atoms with Crippen LogP contribution in [-0.2, 0) is 19.2 Å². The number of nitrogens with one attached hydrogen (secondary N) is 1. The smallest absolute Gasteiger partial charge is 0.352 e. The number of β-lactam (4-membered cyclic amide) rings is 1. The molecule has 0 aromatic carbocycles. The van der Waals surface area contributed by atoms with Gasteiger partial charge in [0.05, 0.1) is 19.6 Å². The number of aliphatic carboxylic acids is 1. The van der Waals surface area contributed by atoms with Gasteiger partial charge in [-0.3, -0.25) is 14.5 Å². The third-order valence-electron chi connectivity index (χ3n) is 8.78. The Balaban J connectivity index is 1.17. The Hall–Kier alpha value is -2.75. The zero-order valence-corrected chi connectivity index (χ0v) is 23.0. The lowest BCUT2D eigenvalue weighted by molar-refractivity contribution is -0.941. The predicted molar refractivity (Wildman–Crippen MR) is 142 cm³/mol. The molecule has 1 aromatic heterocycles. The van der Waals surface area contributed by atoms with Gasteiger partial charge in [-0.25, -0.2) is 4.79 Å². The Labute approximate surface area is 233 Å². The highest BCUT2D eigenvalue weighted by atomic mass is 32.2. The molecule has 1 aliphatic carbocycles. The Kier molecular flexibility index (Phi) is 6.80. The van der Waals surface area contributed by atoms with Crippen LogP contribution in [0.2, 0.25) is 0 Å². The summed E-state index contributed by atoms with van der Waals surface area (Å²) in [6.07, 6.45) is 4.89. The van der Waals surface area contributed by atoms with Crippen LogP contribution in [0.5, 0.6) is 0 Å². The maximum atomic E-state index is 13.2. The van der Waals surface area contributed by atoms with Gasteiger partial charge in [0.25, 0.3) is 11.8 Å². The number of nitrogen functional groups attached to an aromatic ring is 1. The number of nitrogens with two attached hydrogens (primary N) is 1. The zero-order chi connectivity index (χ0) is 27.4. The van der Waals surface area contributed by atoms with Crippen LogP contribution in [0, 0.1) is 11.3 Å². The normalized spacial score (nSPS) is 32.1. The molecule has 1 aromatic rings. The van der Waals surface area contributed by atoms with Gasteiger partial charge in [-0.05, 0) is 18.8 Å². The molecule has 5 N–H and O–H groups in total. The fourth-order valence-corrected chi connectivity index (χ4v) is 7.80. The minimum Gasteiger partial charge on any atom is -0.477 e. The van der Waals surface area contributed by atoms with Crippen molar-refractivity contribution in [2.75, 3.05) is 50.9 Å². The minimum atomic E-state index is -1.14. The average molecular weight is 579 g/mol. The first-order chi connectivity index (χ1) is 18.7. The number of quaternary nitrogens is 1. The Bertz CT molecular complexity index is 1240. The van der Waals surface area contributed by atoms with Gasteiger partial charge in [-0.2, -0.15) is 9.36 Å². The number of rotatable bonds is 10. The summed E-state index contributed by atoms with van der Waals surface area (Å²) in [6, 6.07) is -0.912. The Morgan fingerprint density at radius 3 is 2.56 bits per heavy atom. The number of fused-ring (bicyclic) bond motifs is 4. The molecule has 2 bridgehead atoms. The summed E-state index contributed by atoms with van der Waals surface area (Å²) < 4.78 is 4.86. The highest BCUT2D eigenvalue weighted by molar-refractivity contribution is 8.00. The number of carbonyl (C=O) groups excluding carboxylic acids is 2. The van der Waals surface area contributed by atoms with Gasteiger partial charge in [0.15, 0.2) is 5.13 Å². The third-order valence-corrected chi connectivity index (χ3v) is 10.7. The summed E-state index contributed by atoms with van der Waals surface area (Å²) in [5, 5.41) is 26.3. The van der Waals surface area contributed by atoms with E-state index in [4.69, 9.17) is 10.6 Å². The Morgan fingerprint density at radius 2 is 1.97 bits per heavy atom. The molecule has 0 radical (unpaired) electrons. The standard InChI is InChI=1S/C24H31N7O6S2/c25-23-27-18(29-39-23)15(28-37-10-13-1-2-13)19(33)26-16-20(34)30-17(22(35)36)14(11-38-21(16)30)9-31-6-3-24(12-32,4-7-31)5-8-31/h13,16,21,32H,1-12H2,(H3-,25,26,27,29,33,35,36)/p+1/b28-15-/t16-,21-,24?,31?/m1/s1. The molecule has 2 amide bonds. The van der Waals surface area contributed by atoms with Crippen LogP contribution in [-0.4, -0.2) is 109 Å². The molecule has 15 heteroatoms. The van der Waals surface area contributed by atoms with Gasteiger partial charge in [-0.15, -0.1) is 11.8 Å². The number of thioether (sulfide) groups is 1. The summed E-state index contributed by atoms with van der Waals surface area (Å²) in [5.41, 5.74) is 6.31. The highest BCUT2D eigenvalue weighted by Crippen LogP contribution is 2.46. The number of aromatic nitrogens is 2. The number of aliphatic hydroxyl groups excluding tert-OH is 1. The number of piperidine rings is 3. The molecule has 210 valence electrons. The second-order valence-electron chi connectivity index (χ2n) is 11.3.